The highest BCUT2D eigenvalue weighted by Crippen LogP contribution is 2.37. The highest BCUT2D eigenvalue weighted by Gasteiger charge is 2.14. The number of anilines is 1. The van der Waals surface area contributed by atoms with Gasteiger partial charge in [0.2, 0.25) is 5.91 Å². The molecule has 1 atom stereocenters. The molecule has 0 aliphatic carbocycles. The van der Waals surface area contributed by atoms with Crippen molar-refractivity contribution in [1.29, 1.82) is 0 Å². The molecule has 0 aromatic heterocycles. The predicted molar refractivity (Wildman–Crippen MR) is 85.8 cm³/mol. The fraction of sp³-hybridized carbons (Fsp3) is 0.125. The number of amides is 1. The normalized spacial score (nSPS) is 17.3. The average Bonchev–Trinajstić information content (AvgIpc) is 2.48. The first-order chi connectivity index (χ1) is 9.74. The second-order valence-corrected chi connectivity index (χ2v) is 6.60. The van der Waals surface area contributed by atoms with Crippen molar-refractivity contribution >= 4 is 27.4 Å². The van der Waals surface area contributed by atoms with Gasteiger partial charge < -0.3 is 11.1 Å². The van der Waals surface area contributed by atoms with E-state index in [4.69, 9.17) is 5.73 Å². The van der Waals surface area contributed by atoms with Crippen LogP contribution in [0.15, 0.2) is 53.4 Å². The SMILES string of the molecule is NC(=O)c1ccc2c(c1)NCCS2=Cc1ccccc1. The van der Waals surface area contributed by atoms with E-state index in [0.717, 1.165) is 18.0 Å². The van der Waals surface area contributed by atoms with E-state index in [2.05, 4.69) is 34.9 Å². The molecule has 1 unspecified atom stereocenters. The molecule has 1 amide bonds. The Kier molecular flexibility index (Phi) is 3.56. The third-order valence-electron chi connectivity index (χ3n) is 3.26. The topological polar surface area (TPSA) is 55.1 Å². The summed E-state index contributed by atoms with van der Waals surface area (Å²) < 4.78 is 0. The molecular weight excluding hydrogens is 268 g/mol. The van der Waals surface area contributed by atoms with Crippen molar-refractivity contribution in [2.75, 3.05) is 17.6 Å². The number of hydrogen-bond donors (Lipinski definition) is 2. The van der Waals surface area contributed by atoms with Crippen LogP contribution in [0.2, 0.25) is 0 Å². The summed E-state index contributed by atoms with van der Waals surface area (Å²) >= 11 is 0. The number of carbonyl (C=O) groups excluding carboxylic acids is 1. The maximum Gasteiger partial charge on any atom is 0.248 e. The molecule has 2 aromatic carbocycles. The third kappa shape index (κ3) is 2.60. The number of benzene rings is 2. The summed E-state index contributed by atoms with van der Waals surface area (Å²) in [6.07, 6.45) is 0. The monoisotopic (exact) mass is 284 g/mol. The minimum atomic E-state index is -0.382. The number of nitrogens with two attached hydrogens (primary N) is 1. The van der Waals surface area contributed by atoms with Crippen LogP contribution in [0.4, 0.5) is 5.69 Å². The zero-order valence-electron chi connectivity index (χ0n) is 11.0. The minimum Gasteiger partial charge on any atom is -0.383 e. The zero-order chi connectivity index (χ0) is 13.9. The molecule has 1 heterocycles. The van der Waals surface area contributed by atoms with Crippen molar-refractivity contribution in [3.05, 3.63) is 59.7 Å². The second kappa shape index (κ2) is 5.51. The summed E-state index contributed by atoms with van der Waals surface area (Å²) in [6.45, 7) is 0.918. The van der Waals surface area contributed by atoms with Gasteiger partial charge in [0.25, 0.3) is 0 Å². The summed E-state index contributed by atoms with van der Waals surface area (Å²) in [5.41, 5.74) is 8.16. The molecule has 1 aliphatic heterocycles. The van der Waals surface area contributed by atoms with Crippen LogP contribution >= 0.6 is 10.5 Å². The van der Waals surface area contributed by atoms with Crippen molar-refractivity contribution in [2.24, 2.45) is 5.73 Å². The number of primary amides is 1. The summed E-state index contributed by atoms with van der Waals surface area (Å²) in [5, 5.41) is 5.66. The first-order valence-corrected chi connectivity index (χ1v) is 7.97. The van der Waals surface area contributed by atoms with Crippen molar-refractivity contribution in [2.45, 2.75) is 4.90 Å². The second-order valence-electron chi connectivity index (χ2n) is 4.66. The molecule has 0 saturated heterocycles. The van der Waals surface area contributed by atoms with Gasteiger partial charge in [-0.2, -0.15) is 10.5 Å². The number of carbonyl (C=O) groups is 1. The largest absolute Gasteiger partial charge is 0.383 e. The molecule has 0 spiro atoms. The van der Waals surface area contributed by atoms with Gasteiger partial charge in [0.05, 0.1) is 0 Å². The highest BCUT2D eigenvalue weighted by molar-refractivity contribution is 8.15. The Labute approximate surface area is 120 Å². The fourth-order valence-electron chi connectivity index (χ4n) is 2.27. The Morgan fingerprint density at radius 1 is 1.20 bits per heavy atom. The van der Waals surface area contributed by atoms with E-state index in [-0.39, 0.29) is 16.4 Å². The third-order valence-corrected chi connectivity index (χ3v) is 5.38. The molecule has 4 heteroatoms. The van der Waals surface area contributed by atoms with Crippen molar-refractivity contribution in [3.8, 4) is 0 Å². The molecule has 20 heavy (non-hydrogen) atoms. The molecule has 0 saturated carbocycles. The van der Waals surface area contributed by atoms with Gasteiger partial charge >= 0.3 is 0 Å². The number of nitrogens with one attached hydrogen (secondary N) is 1. The van der Waals surface area contributed by atoms with Crippen LogP contribution < -0.4 is 11.1 Å². The standard InChI is InChI=1S/C16H16N2OS/c17-16(19)13-6-7-15-14(10-13)18-8-9-20(15)11-12-4-2-1-3-5-12/h1-7,10-11,18H,8-9H2,(H2,17,19). The molecule has 3 rings (SSSR count). The van der Waals surface area contributed by atoms with Gasteiger partial charge in [-0.25, -0.2) is 0 Å². The molecule has 1 aliphatic rings. The highest BCUT2D eigenvalue weighted by atomic mass is 32.2. The maximum absolute atomic E-state index is 11.2. The molecule has 3 N–H and O–H groups in total. The van der Waals surface area contributed by atoms with Gasteiger partial charge in [0, 0.05) is 28.4 Å². The molecular formula is C16H16N2OS. The Hall–Kier alpha value is -2.07. The Bertz CT molecular complexity index is 680. The van der Waals surface area contributed by atoms with Crippen molar-refractivity contribution < 1.29 is 4.79 Å². The van der Waals surface area contributed by atoms with Crippen LogP contribution in [-0.2, 0) is 0 Å². The van der Waals surface area contributed by atoms with Crippen molar-refractivity contribution in [3.63, 3.8) is 0 Å². The predicted octanol–water partition coefficient (Wildman–Crippen LogP) is 2.69. The fourth-order valence-corrected chi connectivity index (χ4v) is 4.20. The lowest BCUT2D eigenvalue weighted by Gasteiger charge is -2.22. The average molecular weight is 284 g/mol. The molecule has 0 fully saturated rings. The molecule has 2 aromatic rings. The first-order valence-electron chi connectivity index (χ1n) is 6.51. The van der Waals surface area contributed by atoms with Crippen LogP contribution in [0.25, 0.3) is 0 Å². The van der Waals surface area contributed by atoms with E-state index in [1.54, 1.807) is 0 Å². The lowest BCUT2D eigenvalue weighted by molar-refractivity contribution is 0.100. The van der Waals surface area contributed by atoms with E-state index in [9.17, 15) is 4.79 Å². The van der Waals surface area contributed by atoms with Gasteiger partial charge in [-0.15, -0.1) is 0 Å². The van der Waals surface area contributed by atoms with Crippen LogP contribution in [0.3, 0.4) is 0 Å². The Balaban J connectivity index is 2.02. The van der Waals surface area contributed by atoms with Crippen LogP contribution in [0.1, 0.15) is 15.9 Å². The van der Waals surface area contributed by atoms with Gasteiger partial charge in [-0.3, -0.25) is 4.79 Å². The number of fused-ring (bicyclic) bond motifs is 1. The van der Waals surface area contributed by atoms with E-state index in [0.29, 0.717) is 5.56 Å². The summed E-state index contributed by atoms with van der Waals surface area (Å²) in [4.78, 5) is 12.5. The van der Waals surface area contributed by atoms with Crippen molar-refractivity contribution in [1.82, 2.24) is 0 Å². The number of rotatable bonds is 2. The van der Waals surface area contributed by atoms with E-state index < -0.39 is 0 Å². The van der Waals surface area contributed by atoms with Gasteiger partial charge in [0.15, 0.2) is 0 Å². The quantitative estimate of drug-likeness (QED) is 0.833. The van der Waals surface area contributed by atoms with Crippen LogP contribution in [0.5, 0.6) is 0 Å². The molecule has 0 radical (unpaired) electrons. The minimum absolute atomic E-state index is 0.0683. The summed E-state index contributed by atoms with van der Waals surface area (Å²) in [5.74, 6) is 0.699. The van der Waals surface area contributed by atoms with Gasteiger partial charge in [0.1, 0.15) is 0 Å². The lowest BCUT2D eigenvalue weighted by Crippen LogP contribution is -2.15. The van der Waals surface area contributed by atoms with E-state index in [1.165, 1.54) is 10.5 Å². The lowest BCUT2D eigenvalue weighted by atomic mass is 10.2. The Morgan fingerprint density at radius 2 is 2.00 bits per heavy atom. The first kappa shape index (κ1) is 12.9. The molecule has 3 nitrogen and oxygen atoms in total. The van der Waals surface area contributed by atoms with E-state index >= 15 is 0 Å². The maximum atomic E-state index is 11.2. The van der Waals surface area contributed by atoms with Crippen LogP contribution in [-0.4, -0.2) is 23.6 Å². The zero-order valence-corrected chi connectivity index (χ0v) is 11.8. The summed E-state index contributed by atoms with van der Waals surface area (Å²) in [7, 11) is 0.0683. The van der Waals surface area contributed by atoms with Gasteiger partial charge in [-0.05, 0) is 29.1 Å². The van der Waals surface area contributed by atoms with Crippen LogP contribution in [0, 0.1) is 0 Å². The number of hydrogen-bond acceptors (Lipinski definition) is 2. The molecule has 0 bridgehead atoms. The Morgan fingerprint density at radius 3 is 2.75 bits per heavy atom. The molecule has 102 valence electrons. The summed E-state index contributed by atoms with van der Waals surface area (Å²) in [6, 6.07) is 16.0. The van der Waals surface area contributed by atoms with Gasteiger partial charge in [-0.1, -0.05) is 30.3 Å². The van der Waals surface area contributed by atoms with E-state index in [1.807, 2.05) is 24.3 Å². The smallest absolute Gasteiger partial charge is 0.248 e.